The van der Waals surface area contributed by atoms with E-state index in [4.69, 9.17) is 4.74 Å². The molecule has 4 nitrogen and oxygen atoms in total. The predicted octanol–water partition coefficient (Wildman–Crippen LogP) is 4.00. The lowest BCUT2D eigenvalue weighted by atomic mass is 10.0. The quantitative estimate of drug-likeness (QED) is 0.597. The topological polar surface area (TPSA) is 60.4 Å². The normalized spacial score (nSPS) is 13.0. The second-order valence-electron chi connectivity index (χ2n) is 6.83. The van der Waals surface area contributed by atoms with Gasteiger partial charge in [0.1, 0.15) is 0 Å². The van der Waals surface area contributed by atoms with Crippen LogP contribution in [0.25, 0.3) is 16.8 Å². The summed E-state index contributed by atoms with van der Waals surface area (Å²) in [5, 5.41) is 1.98. The van der Waals surface area contributed by atoms with Gasteiger partial charge in [-0.2, -0.15) is 0 Å². The lowest BCUT2D eigenvalue weighted by molar-refractivity contribution is -0.138. The number of esters is 1. The van der Waals surface area contributed by atoms with Gasteiger partial charge in [-0.1, -0.05) is 42.5 Å². The number of carbonyl (C=O) groups is 1. The van der Waals surface area contributed by atoms with Gasteiger partial charge < -0.3 is 4.74 Å². The molecule has 5 heteroatoms. The zero-order valence-electron chi connectivity index (χ0n) is 15.1. The Hall–Kier alpha value is -2.14. The van der Waals surface area contributed by atoms with E-state index in [0.29, 0.717) is 0 Å². The van der Waals surface area contributed by atoms with Crippen LogP contribution in [0.2, 0.25) is 0 Å². The maximum Gasteiger partial charge on any atom is 0.335 e. The first kappa shape index (κ1) is 19.2. The Kier molecular flexibility index (Phi) is 5.68. The Morgan fingerprint density at radius 1 is 1.08 bits per heavy atom. The number of rotatable bonds is 5. The highest BCUT2D eigenvalue weighted by molar-refractivity contribution is 7.92. The Labute approximate surface area is 149 Å². The van der Waals surface area contributed by atoms with Crippen molar-refractivity contribution in [3.05, 3.63) is 53.6 Å². The van der Waals surface area contributed by atoms with Crippen molar-refractivity contribution >= 4 is 32.7 Å². The van der Waals surface area contributed by atoms with Crippen LogP contribution in [-0.4, -0.2) is 31.5 Å². The number of fused-ring (bicyclic) bond motifs is 1. The fourth-order valence-electron chi connectivity index (χ4n) is 2.37. The predicted molar refractivity (Wildman–Crippen MR) is 102 cm³/mol. The molecule has 2 aromatic rings. The summed E-state index contributed by atoms with van der Waals surface area (Å²) in [7, 11) is -3.50. The van der Waals surface area contributed by atoms with Gasteiger partial charge in [-0.05, 0) is 50.1 Å². The molecule has 0 N–H and O–H groups in total. The van der Waals surface area contributed by atoms with Crippen LogP contribution < -0.4 is 0 Å². The molecule has 25 heavy (non-hydrogen) atoms. The first-order valence-corrected chi connectivity index (χ1v) is 9.88. The van der Waals surface area contributed by atoms with Crippen LogP contribution in [-0.2, 0) is 19.4 Å². The third kappa shape index (κ3) is 4.48. The summed E-state index contributed by atoms with van der Waals surface area (Å²) in [6.45, 7) is 6.78. The summed E-state index contributed by atoms with van der Waals surface area (Å²) in [5.41, 5.74) is 0.943. The number of sulfone groups is 1. The molecule has 0 fully saturated rings. The van der Waals surface area contributed by atoms with Crippen LogP contribution in [0.15, 0.2) is 48.0 Å². The lowest BCUT2D eigenvalue weighted by Gasteiger charge is -2.20. The molecule has 0 aliphatic heterocycles. The summed E-state index contributed by atoms with van der Waals surface area (Å²) in [6, 6.07) is 13.5. The molecular formula is C20H24O4S. The van der Waals surface area contributed by atoms with E-state index in [0.717, 1.165) is 16.3 Å². The number of benzene rings is 2. The van der Waals surface area contributed by atoms with Crippen LogP contribution in [0, 0.1) is 0 Å². The fourth-order valence-corrected chi connectivity index (χ4v) is 3.41. The van der Waals surface area contributed by atoms with E-state index >= 15 is 0 Å². The minimum absolute atomic E-state index is 0.146. The number of hydrogen-bond donors (Lipinski definition) is 0. The van der Waals surface area contributed by atoms with Gasteiger partial charge in [0.2, 0.25) is 0 Å². The molecule has 0 aliphatic rings. The average Bonchev–Trinajstić information content (AvgIpc) is 2.53. The lowest BCUT2D eigenvalue weighted by Crippen LogP contribution is -2.32. The van der Waals surface area contributed by atoms with Crippen molar-refractivity contribution in [3.8, 4) is 0 Å². The second-order valence-corrected chi connectivity index (χ2v) is 9.57. The molecule has 0 heterocycles. The molecule has 0 amide bonds. The van der Waals surface area contributed by atoms with Crippen molar-refractivity contribution in [3.63, 3.8) is 0 Å². The van der Waals surface area contributed by atoms with Gasteiger partial charge in [-0.25, -0.2) is 13.2 Å². The van der Waals surface area contributed by atoms with Crippen molar-refractivity contribution in [2.45, 2.75) is 32.4 Å². The molecule has 0 spiro atoms. The summed E-state index contributed by atoms with van der Waals surface area (Å²) in [5.74, 6) is -0.943. The molecule has 0 aromatic heterocycles. The van der Waals surface area contributed by atoms with E-state index in [-0.39, 0.29) is 17.9 Å². The van der Waals surface area contributed by atoms with Crippen molar-refractivity contribution in [2.24, 2.45) is 0 Å². The molecule has 0 saturated heterocycles. The second kappa shape index (κ2) is 7.40. The third-order valence-electron chi connectivity index (χ3n) is 3.97. The van der Waals surface area contributed by atoms with Crippen LogP contribution in [0.4, 0.5) is 0 Å². The van der Waals surface area contributed by atoms with Crippen LogP contribution in [0.1, 0.15) is 33.3 Å². The number of ether oxygens (including phenoxy) is 1. The highest BCUT2D eigenvalue weighted by atomic mass is 32.2. The van der Waals surface area contributed by atoms with Crippen LogP contribution in [0.5, 0.6) is 0 Å². The zero-order chi connectivity index (χ0) is 18.7. The Balaban J connectivity index is 2.55. The number of hydrogen-bond acceptors (Lipinski definition) is 4. The molecule has 0 unspecified atom stereocenters. The Morgan fingerprint density at radius 2 is 1.72 bits per heavy atom. The highest BCUT2D eigenvalue weighted by Gasteiger charge is 2.31. The minimum Gasteiger partial charge on any atom is -0.463 e. The van der Waals surface area contributed by atoms with Gasteiger partial charge in [0.15, 0.2) is 9.84 Å². The first-order chi connectivity index (χ1) is 11.7. The van der Waals surface area contributed by atoms with E-state index in [9.17, 15) is 13.2 Å². The average molecular weight is 360 g/mol. The highest BCUT2D eigenvalue weighted by Crippen LogP contribution is 2.24. The van der Waals surface area contributed by atoms with Crippen molar-refractivity contribution < 1.29 is 17.9 Å². The molecule has 0 saturated carbocycles. The molecule has 2 aromatic carbocycles. The van der Waals surface area contributed by atoms with Crippen molar-refractivity contribution in [1.82, 2.24) is 0 Å². The molecule has 0 aliphatic carbocycles. The summed E-state index contributed by atoms with van der Waals surface area (Å²) >= 11 is 0. The van der Waals surface area contributed by atoms with Gasteiger partial charge >= 0.3 is 5.97 Å². The minimum atomic E-state index is -3.50. The molecule has 0 radical (unpaired) electrons. The van der Waals surface area contributed by atoms with Crippen LogP contribution >= 0.6 is 0 Å². The van der Waals surface area contributed by atoms with E-state index in [2.05, 4.69) is 0 Å². The maximum atomic E-state index is 12.6. The smallest absolute Gasteiger partial charge is 0.335 e. The van der Waals surface area contributed by atoms with E-state index in [1.165, 1.54) is 0 Å². The van der Waals surface area contributed by atoms with Gasteiger partial charge in [-0.3, -0.25) is 0 Å². The van der Waals surface area contributed by atoms with Gasteiger partial charge in [0.05, 0.1) is 22.7 Å². The summed E-state index contributed by atoms with van der Waals surface area (Å²) in [4.78, 5) is 12.3. The van der Waals surface area contributed by atoms with E-state index in [1.54, 1.807) is 33.8 Å². The third-order valence-corrected chi connectivity index (χ3v) is 6.53. The Bertz CT molecular complexity index is 897. The van der Waals surface area contributed by atoms with Gasteiger partial charge in [-0.15, -0.1) is 0 Å². The number of carbonyl (C=O) groups excluding carboxylic acids is 1. The van der Waals surface area contributed by atoms with E-state index < -0.39 is 20.6 Å². The van der Waals surface area contributed by atoms with E-state index in [1.807, 2.05) is 42.5 Å². The van der Waals surface area contributed by atoms with Gasteiger partial charge in [0.25, 0.3) is 0 Å². The van der Waals surface area contributed by atoms with Crippen molar-refractivity contribution in [2.75, 3.05) is 12.4 Å². The monoisotopic (exact) mass is 360 g/mol. The molecule has 0 atom stereocenters. The summed E-state index contributed by atoms with van der Waals surface area (Å²) < 4.78 is 29.3. The summed E-state index contributed by atoms with van der Waals surface area (Å²) in [6.07, 6.45) is 1.63. The zero-order valence-corrected chi connectivity index (χ0v) is 15.9. The van der Waals surface area contributed by atoms with Crippen molar-refractivity contribution in [1.29, 1.82) is 0 Å². The SMILES string of the molecule is CCOC(=O)C(=Cc1cccc2ccccc12)CS(=O)(=O)C(C)(C)C. The largest absolute Gasteiger partial charge is 0.463 e. The Morgan fingerprint density at radius 3 is 2.36 bits per heavy atom. The standard InChI is InChI=1S/C20H24O4S/c1-5-24-19(21)17(14-25(22,23)20(2,3)4)13-16-11-8-10-15-9-6-7-12-18(15)16/h6-13H,5,14H2,1-4H3. The first-order valence-electron chi connectivity index (χ1n) is 8.23. The fraction of sp³-hybridized carbons (Fsp3) is 0.350. The maximum absolute atomic E-state index is 12.6. The molecular weight excluding hydrogens is 336 g/mol. The molecule has 2 rings (SSSR count). The molecule has 0 bridgehead atoms. The molecule has 134 valence electrons. The van der Waals surface area contributed by atoms with Gasteiger partial charge in [0, 0.05) is 0 Å². The van der Waals surface area contributed by atoms with Crippen LogP contribution in [0.3, 0.4) is 0 Å².